The van der Waals surface area contributed by atoms with Crippen LogP contribution < -0.4 is 5.73 Å². The van der Waals surface area contributed by atoms with E-state index in [1.54, 1.807) is 0 Å². The lowest BCUT2D eigenvalue weighted by molar-refractivity contribution is -0.138. The summed E-state index contributed by atoms with van der Waals surface area (Å²) in [5, 5.41) is 0. The molecule has 0 amide bonds. The Bertz CT molecular complexity index is 429. The number of nitrogens with two attached hydrogens (primary N) is 1. The summed E-state index contributed by atoms with van der Waals surface area (Å²) in [7, 11) is 0. The fourth-order valence-corrected chi connectivity index (χ4v) is 1.32. The van der Waals surface area contributed by atoms with Crippen LogP contribution in [0.15, 0.2) is 31.1 Å². The lowest BCUT2D eigenvalue weighted by atomic mass is 9.99. The van der Waals surface area contributed by atoms with E-state index < -0.39 is 29.1 Å². The minimum absolute atomic E-state index is 0.116. The molecule has 92 valence electrons. The third-order valence-electron chi connectivity index (χ3n) is 2.15. The van der Waals surface area contributed by atoms with Gasteiger partial charge in [0.05, 0.1) is 11.6 Å². The van der Waals surface area contributed by atoms with E-state index in [0.717, 1.165) is 18.5 Å². The van der Waals surface area contributed by atoms with Crippen molar-refractivity contribution in [1.29, 1.82) is 0 Å². The number of carbonyl (C=O) groups is 1. The van der Waals surface area contributed by atoms with E-state index in [9.17, 15) is 18.0 Å². The number of hydrogen-bond acceptors (Lipinski definition) is 3. The molecule has 0 bridgehead atoms. The van der Waals surface area contributed by atoms with Gasteiger partial charge < -0.3 is 5.73 Å². The fourth-order valence-electron chi connectivity index (χ4n) is 1.32. The lowest BCUT2D eigenvalue weighted by Crippen LogP contribution is -2.31. The molecule has 1 heterocycles. The maximum Gasteiger partial charge on any atom is 0.417 e. The standard InChI is InChI=1S/C11H11F3N2O/c1-2-3-9(15)10(17)7-6-16-5-4-8(7)11(12,13)14/h2,4-6,9H,1,3,15H2. The molecule has 1 rings (SSSR count). The number of alkyl halides is 3. The quantitative estimate of drug-likeness (QED) is 0.652. The van der Waals surface area contributed by atoms with E-state index in [-0.39, 0.29) is 6.42 Å². The molecular formula is C11H11F3N2O. The number of halogens is 3. The zero-order valence-corrected chi connectivity index (χ0v) is 8.87. The van der Waals surface area contributed by atoms with Gasteiger partial charge in [0.25, 0.3) is 0 Å². The summed E-state index contributed by atoms with van der Waals surface area (Å²) in [5.41, 5.74) is 3.93. The largest absolute Gasteiger partial charge is 0.417 e. The maximum atomic E-state index is 12.6. The summed E-state index contributed by atoms with van der Waals surface area (Å²) in [4.78, 5) is 15.2. The Morgan fingerprint density at radius 1 is 1.59 bits per heavy atom. The minimum atomic E-state index is -4.60. The number of carbonyl (C=O) groups excluding carboxylic acids is 1. The van der Waals surface area contributed by atoms with Gasteiger partial charge in [0, 0.05) is 18.0 Å². The van der Waals surface area contributed by atoms with Crippen molar-refractivity contribution >= 4 is 5.78 Å². The molecule has 0 aliphatic rings. The third-order valence-corrected chi connectivity index (χ3v) is 2.15. The number of hydrogen-bond donors (Lipinski definition) is 1. The third kappa shape index (κ3) is 3.13. The number of ketones is 1. The van der Waals surface area contributed by atoms with Gasteiger partial charge in [0.2, 0.25) is 0 Å². The Kier molecular flexibility index (Phi) is 4.01. The van der Waals surface area contributed by atoms with Crippen LogP contribution in [0.3, 0.4) is 0 Å². The van der Waals surface area contributed by atoms with Crippen molar-refractivity contribution in [3.63, 3.8) is 0 Å². The molecule has 0 fully saturated rings. The number of rotatable bonds is 4. The van der Waals surface area contributed by atoms with Crippen LogP contribution in [0, 0.1) is 0 Å². The molecule has 1 unspecified atom stereocenters. The van der Waals surface area contributed by atoms with Crippen LogP contribution in [0.4, 0.5) is 13.2 Å². The Morgan fingerprint density at radius 2 is 2.24 bits per heavy atom. The second kappa shape index (κ2) is 5.09. The minimum Gasteiger partial charge on any atom is -0.321 e. The molecule has 17 heavy (non-hydrogen) atoms. The van der Waals surface area contributed by atoms with Gasteiger partial charge in [-0.05, 0) is 12.5 Å². The van der Waals surface area contributed by atoms with E-state index in [2.05, 4.69) is 11.6 Å². The average molecular weight is 244 g/mol. The number of Topliss-reactive ketones (excluding diaryl/α,β-unsaturated/α-hetero) is 1. The second-order valence-electron chi connectivity index (χ2n) is 3.41. The van der Waals surface area contributed by atoms with Crippen LogP contribution in [0.25, 0.3) is 0 Å². The van der Waals surface area contributed by atoms with Gasteiger partial charge in [0.1, 0.15) is 0 Å². The van der Waals surface area contributed by atoms with Crippen LogP contribution in [0.5, 0.6) is 0 Å². The summed E-state index contributed by atoms with van der Waals surface area (Å²) in [5.74, 6) is -0.787. The van der Waals surface area contributed by atoms with Gasteiger partial charge in [-0.2, -0.15) is 13.2 Å². The van der Waals surface area contributed by atoms with Crippen LogP contribution in [0.2, 0.25) is 0 Å². The monoisotopic (exact) mass is 244 g/mol. The molecule has 0 radical (unpaired) electrons. The summed E-state index contributed by atoms with van der Waals surface area (Å²) in [6, 6.07) is -0.272. The normalized spacial score (nSPS) is 13.2. The van der Waals surface area contributed by atoms with Crippen molar-refractivity contribution < 1.29 is 18.0 Å². The maximum absolute atomic E-state index is 12.6. The van der Waals surface area contributed by atoms with Gasteiger partial charge in [0.15, 0.2) is 5.78 Å². The smallest absolute Gasteiger partial charge is 0.321 e. The van der Waals surface area contributed by atoms with Gasteiger partial charge >= 0.3 is 6.18 Å². The Hall–Kier alpha value is -1.69. The zero-order valence-electron chi connectivity index (χ0n) is 8.87. The molecule has 1 aromatic rings. The Labute approximate surface area is 96.1 Å². The molecule has 0 aliphatic heterocycles. The van der Waals surface area contributed by atoms with E-state index in [0.29, 0.717) is 0 Å². The van der Waals surface area contributed by atoms with E-state index in [1.165, 1.54) is 6.08 Å². The zero-order chi connectivity index (χ0) is 13.1. The summed E-state index contributed by atoms with van der Waals surface area (Å²) >= 11 is 0. The summed E-state index contributed by atoms with van der Waals surface area (Å²) in [6.07, 6.45) is -1.23. The Morgan fingerprint density at radius 3 is 2.76 bits per heavy atom. The van der Waals surface area contributed by atoms with Crippen molar-refractivity contribution in [2.24, 2.45) is 5.73 Å². The molecule has 0 saturated carbocycles. The molecule has 2 N–H and O–H groups in total. The molecule has 0 aromatic carbocycles. The molecular weight excluding hydrogens is 233 g/mol. The topological polar surface area (TPSA) is 56.0 Å². The predicted molar refractivity (Wildman–Crippen MR) is 56.4 cm³/mol. The number of pyridine rings is 1. The SMILES string of the molecule is C=CCC(N)C(=O)c1cnccc1C(F)(F)F. The second-order valence-corrected chi connectivity index (χ2v) is 3.41. The average Bonchev–Trinajstić information content (AvgIpc) is 2.27. The molecule has 0 spiro atoms. The molecule has 0 aliphatic carbocycles. The van der Waals surface area contributed by atoms with Gasteiger partial charge in [-0.15, -0.1) is 6.58 Å². The Balaban J connectivity index is 3.14. The molecule has 1 atom stereocenters. The van der Waals surface area contributed by atoms with Gasteiger partial charge in [-0.3, -0.25) is 9.78 Å². The highest BCUT2D eigenvalue weighted by Crippen LogP contribution is 2.31. The molecule has 6 heteroatoms. The van der Waals surface area contributed by atoms with E-state index in [4.69, 9.17) is 5.73 Å². The van der Waals surface area contributed by atoms with Crippen molar-refractivity contribution in [3.8, 4) is 0 Å². The van der Waals surface area contributed by atoms with Crippen LogP contribution in [-0.2, 0) is 6.18 Å². The first-order valence-corrected chi connectivity index (χ1v) is 4.79. The van der Waals surface area contributed by atoms with Crippen molar-refractivity contribution in [3.05, 3.63) is 42.2 Å². The number of nitrogens with zero attached hydrogens (tertiary/aromatic N) is 1. The highest BCUT2D eigenvalue weighted by molar-refractivity contribution is 6.01. The highest BCUT2D eigenvalue weighted by Gasteiger charge is 2.35. The fraction of sp³-hybridized carbons (Fsp3) is 0.273. The molecule has 3 nitrogen and oxygen atoms in total. The summed E-state index contributed by atoms with van der Waals surface area (Å²) in [6.45, 7) is 3.38. The van der Waals surface area contributed by atoms with Crippen LogP contribution >= 0.6 is 0 Å². The molecule has 1 aromatic heterocycles. The predicted octanol–water partition coefficient (Wildman–Crippen LogP) is 2.19. The highest BCUT2D eigenvalue weighted by atomic mass is 19.4. The van der Waals surface area contributed by atoms with Crippen LogP contribution in [-0.4, -0.2) is 16.8 Å². The molecule has 0 saturated heterocycles. The van der Waals surface area contributed by atoms with Crippen molar-refractivity contribution in [2.75, 3.05) is 0 Å². The van der Waals surface area contributed by atoms with Crippen LogP contribution in [0.1, 0.15) is 22.3 Å². The van der Waals surface area contributed by atoms with E-state index >= 15 is 0 Å². The lowest BCUT2D eigenvalue weighted by Gasteiger charge is -2.13. The van der Waals surface area contributed by atoms with E-state index in [1.807, 2.05) is 0 Å². The van der Waals surface area contributed by atoms with Gasteiger partial charge in [-0.25, -0.2) is 0 Å². The summed E-state index contributed by atoms with van der Waals surface area (Å²) < 4.78 is 37.9. The van der Waals surface area contributed by atoms with Crippen molar-refractivity contribution in [1.82, 2.24) is 4.98 Å². The first-order valence-electron chi connectivity index (χ1n) is 4.79. The van der Waals surface area contributed by atoms with Crippen molar-refractivity contribution in [2.45, 2.75) is 18.6 Å². The number of aromatic nitrogens is 1. The van der Waals surface area contributed by atoms with Gasteiger partial charge in [-0.1, -0.05) is 6.08 Å². The first kappa shape index (κ1) is 13.4. The first-order chi connectivity index (χ1) is 7.88.